The van der Waals surface area contributed by atoms with E-state index in [-0.39, 0.29) is 17.2 Å². The van der Waals surface area contributed by atoms with Gasteiger partial charge in [0.2, 0.25) is 5.75 Å². The summed E-state index contributed by atoms with van der Waals surface area (Å²) in [5.74, 6) is -1.60. The lowest BCUT2D eigenvalue weighted by Gasteiger charge is -2.11. The summed E-state index contributed by atoms with van der Waals surface area (Å²) in [5, 5.41) is 21.5. The van der Waals surface area contributed by atoms with Crippen LogP contribution in [-0.4, -0.2) is 41.7 Å². The Morgan fingerprint density at radius 2 is 2.14 bits per heavy atom. The number of methoxy groups -OCH3 is 1. The van der Waals surface area contributed by atoms with Crippen LogP contribution in [0.2, 0.25) is 0 Å². The van der Waals surface area contributed by atoms with Crippen molar-refractivity contribution in [2.45, 2.75) is 13.0 Å². The van der Waals surface area contributed by atoms with Crippen LogP contribution in [0.3, 0.4) is 0 Å². The molecule has 0 saturated carbocycles. The van der Waals surface area contributed by atoms with Crippen molar-refractivity contribution in [3.8, 4) is 11.5 Å². The van der Waals surface area contributed by atoms with Crippen LogP contribution >= 0.6 is 0 Å². The molecule has 1 aromatic carbocycles. The van der Waals surface area contributed by atoms with Gasteiger partial charge in [-0.25, -0.2) is 0 Å². The first kappa shape index (κ1) is 16.2. The van der Waals surface area contributed by atoms with Crippen LogP contribution in [0.15, 0.2) is 18.2 Å². The summed E-state index contributed by atoms with van der Waals surface area (Å²) in [6.45, 7) is 0.897. The van der Waals surface area contributed by atoms with Crippen LogP contribution in [-0.2, 0) is 9.59 Å². The summed E-state index contributed by atoms with van der Waals surface area (Å²) < 4.78 is 9.97. The third kappa shape index (κ3) is 4.64. The molecule has 0 aliphatic carbocycles. The van der Waals surface area contributed by atoms with E-state index in [1.54, 1.807) is 0 Å². The van der Waals surface area contributed by atoms with Crippen LogP contribution in [0, 0.1) is 10.1 Å². The van der Waals surface area contributed by atoms with Crippen LogP contribution < -0.4 is 14.8 Å². The predicted octanol–water partition coefficient (Wildman–Crippen LogP) is 0.571. The fourth-order valence-corrected chi connectivity index (χ4v) is 1.39. The zero-order valence-electron chi connectivity index (χ0n) is 11.4. The number of hydrogen-bond acceptors (Lipinski definition) is 6. The van der Waals surface area contributed by atoms with Gasteiger partial charge in [-0.15, -0.1) is 0 Å². The molecule has 0 aliphatic rings. The third-order valence-corrected chi connectivity index (χ3v) is 2.47. The zero-order valence-corrected chi connectivity index (χ0v) is 11.4. The number of nitro groups is 1. The molecule has 0 fully saturated rings. The Labute approximate surface area is 119 Å². The number of aliphatic carboxylic acids is 1. The van der Waals surface area contributed by atoms with Crippen LogP contribution in [0.5, 0.6) is 11.5 Å². The number of nitro benzene ring substituents is 1. The Balaban J connectivity index is 2.66. The minimum atomic E-state index is -1.17. The monoisotopic (exact) mass is 298 g/mol. The van der Waals surface area contributed by atoms with Crippen molar-refractivity contribution in [3.05, 3.63) is 28.3 Å². The Kier molecular flexibility index (Phi) is 5.47. The van der Waals surface area contributed by atoms with Gasteiger partial charge in [0.25, 0.3) is 5.91 Å². The maximum absolute atomic E-state index is 11.4. The average molecular weight is 298 g/mol. The molecule has 1 rings (SSSR count). The Morgan fingerprint density at radius 3 is 2.67 bits per heavy atom. The first-order valence-electron chi connectivity index (χ1n) is 5.82. The van der Waals surface area contributed by atoms with Crippen molar-refractivity contribution in [3.63, 3.8) is 0 Å². The van der Waals surface area contributed by atoms with E-state index in [1.807, 2.05) is 0 Å². The van der Waals surface area contributed by atoms with Crippen molar-refractivity contribution in [1.82, 2.24) is 5.32 Å². The second kappa shape index (κ2) is 7.08. The molecular formula is C12H14N2O7. The quantitative estimate of drug-likeness (QED) is 0.556. The lowest BCUT2D eigenvalue weighted by Crippen LogP contribution is -2.40. The highest BCUT2D eigenvalue weighted by Crippen LogP contribution is 2.30. The molecule has 0 heterocycles. The number of hydrogen-bond donors (Lipinski definition) is 2. The van der Waals surface area contributed by atoms with E-state index >= 15 is 0 Å². The maximum Gasteiger partial charge on any atom is 0.325 e. The molecule has 9 heteroatoms. The number of rotatable bonds is 7. The fourth-order valence-electron chi connectivity index (χ4n) is 1.39. The lowest BCUT2D eigenvalue weighted by atomic mass is 10.3. The van der Waals surface area contributed by atoms with Gasteiger partial charge in [-0.2, -0.15) is 0 Å². The number of carboxylic acids is 1. The number of carbonyl (C=O) groups excluding carboxylic acids is 1. The number of carboxylic acid groups (broad SMARTS) is 1. The largest absolute Gasteiger partial charge is 0.490 e. The normalized spacial score (nSPS) is 11.3. The van der Waals surface area contributed by atoms with E-state index in [9.17, 15) is 19.7 Å². The van der Waals surface area contributed by atoms with Gasteiger partial charge in [0.1, 0.15) is 11.8 Å². The molecule has 0 aliphatic heterocycles. The molecule has 1 amide bonds. The first-order valence-corrected chi connectivity index (χ1v) is 5.82. The third-order valence-electron chi connectivity index (χ3n) is 2.47. The van der Waals surface area contributed by atoms with Crippen molar-refractivity contribution in [1.29, 1.82) is 0 Å². The van der Waals surface area contributed by atoms with Gasteiger partial charge in [0, 0.05) is 12.1 Å². The van der Waals surface area contributed by atoms with Gasteiger partial charge in [-0.05, 0) is 13.0 Å². The highest BCUT2D eigenvalue weighted by molar-refractivity contribution is 5.84. The standard InChI is InChI=1S/C12H14N2O7/c1-7(12(16)17)13-11(15)6-21-8-3-4-9(14(18)19)10(5-8)20-2/h3-5,7H,6H2,1-2H3,(H,13,15)(H,16,17)/t7-/m1/s1. The second-order valence-corrected chi connectivity index (χ2v) is 4.01. The molecule has 21 heavy (non-hydrogen) atoms. The minimum Gasteiger partial charge on any atom is -0.490 e. The molecule has 0 aromatic heterocycles. The molecule has 0 saturated heterocycles. The van der Waals surface area contributed by atoms with Gasteiger partial charge in [0.15, 0.2) is 6.61 Å². The summed E-state index contributed by atoms with van der Waals surface area (Å²) in [6, 6.07) is 2.74. The number of nitrogens with one attached hydrogen (secondary N) is 1. The highest BCUT2D eigenvalue weighted by atomic mass is 16.6. The van der Waals surface area contributed by atoms with Crippen molar-refractivity contribution in [2.24, 2.45) is 0 Å². The van der Waals surface area contributed by atoms with Gasteiger partial charge in [-0.3, -0.25) is 19.7 Å². The van der Waals surface area contributed by atoms with E-state index in [0.717, 1.165) is 0 Å². The fraction of sp³-hybridized carbons (Fsp3) is 0.333. The van der Waals surface area contributed by atoms with E-state index in [0.29, 0.717) is 0 Å². The summed E-state index contributed by atoms with van der Waals surface area (Å²) >= 11 is 0. The number of benzene rings is 1. The van der Waals surface area contributed by atoms with Gasteiger partial charge < -0.3 is 19.9 Å². The van der Waals surface area contributed by atoms with Crippen LogP contribution in [0.25, 0.3) is 0 Å². The SMILES string of the molecule is COc1cc(OCC(=O)N[C@H](C)C(=O)O)ccc1[N+](=O)[O-]. The Hall–Kier alpha value is -2.84. The Morgan fingerprint density at radius 1 is 1.48 bits per heavy atom. The average Bonchev–Trinajstić information content (AvgIpc) is 2.44. The maximum atomic E-state index is 11.4. The first-order chi connectivity index (χ1) is 9.85. The number of carbonyl (C=O) groups is 2. The van der Waals surface area contributed by atoms with Crippen LogP contribution in [0.4, 0.5) is 5.69 Å². The molecule has 1 aromatic rings. The molecular weight excluding hydrogens is 284 g/mol. The van der Waals surface area contributed by atoms with Crippen molar-refractivity contribution >= 4 is 17.6 Å². The molecule has 0 spiro atoms. The Bertz CT molecular complexity index is 559. The van der Waals surface area contributed by atoms with E-state index in [1.165, 1.54) is 32.2 Å². The summed E-state index contributed by atoms with van der Waals surface area (Å²) in [4.78, 5) is 32.1. The summed E-state index contributed by atoms with van der Waals surface area (Å²) in [6.07, 6.45) is 0. The predicted molar refractivity (Wildman–Crippen MR) is 70.4 cm³/mol. The van der Waals surface area contributed by atoms with Crippen LogP contribution in [0.1, 0.15) is 6.92 Å². The van der Waals surface area contributed by atoms with Gasteiger partial charge >= 0.3 is 11.7 Å². The van der Waals surface area contributed by atoms with E-state index in [2.05, 4.69) is 5.32 Å². The molecule has 1 atom stereocenters. The highest BCUT2D eigenvalue weighted by Gasteiger charge is 2.17. The molecule has 114 valence electrons. The number of amides is 1. The molecule has 0 unspecified atom stereocenters. The van der Waals surface area contributed by atoms with Crippen molar-refractivity contribution in [2.75, 3.05) is 13.7 Å². The molecule has 9 nitrogen and oxygen atoms in total. The van der Waals surface area contributed by atoms with Gasteiger partial charge in [0.05, 0.1) is 12.0 Å². The lowest BCUT2D eigenvalue weighted by molar-refractivity contribution is -0.385. The summed E-state index contributed by atoms with van der Waals surface area (Å²) in [7, 11) is 1.27. The minimum absolute atomic E-state index is 0.00295. The topological polar surface area (TPSA) is 128 Å². The van der Waals surface area contributed by atoms with Crippen molar-refractivity contribution < 1.29 is 29.1 Å². The summed E-state index contributed by atoms with van der Waals surface area (Å²) in [5.41, 5.74) is -0.228. The van der Waals surface area contributed by atoms with E-state index < -0.39 is 29.4 Å². The smallest absolute Gasteiger partial charge is 0.325 e. The van der Waals surface area contributed by atoms with E-state index in [4.69, 9.17) is 14.6 Å². The number of ether oxygens (including phenoxy) is 2. The zero-order chi connectivity index (χ0) is 16.0. The molecule has 0 bridgehead atoms. The second-order valence-electron chi connectivity index (χ2n) is 4.01. The molecule has 2 N–H and O–H groups in total. The molecule has 0 radical (unpaired) electrons. The number of nitrogens with zero attached hydrogens (tertiary/aromatic N) is 1. The van der Waals surface area contributed by atoms with Gasteiger partial charge in [-0.1, -0.05) is 0 Å².